The number of carbonyl (C=O) groups excluding carboxylic acids is 3. The van der Waals surface area contributed by atoms with E-state index in [0.29, 0.717) is 16.3 Å². The lowest BCUT2D eigenvalue weighted by molar-refractivity contribution is -0.137. The Morgan fingerprint density at radius 3 is 2.29 bits per heavy atom. The Balaban J connectivity index is 1.44. The van der Waals surface area contributed by atoms with Crippen molar-refractivity contribution in [2.75, 3.05) is 15.5 Å². The third-order valence-corrected chi connectivity index (χ3v) is 6.12. The molecule has 1 aliphatic heterocycles. The second-order valence-electron chi connectivity index (χ2n) is 7.40. The van der Waals surface area contributed by atoms with Crippen LogP contribution in [0.2, 0.25) is 0 Å². The Morgan fingerprint density at radius 1 is 0.882 bits per heavy atom. The van der Waals surface area contributed by atoms with Crippen LogP contribution >= 0.6 is 11.8 Å². The summed E-state index contributed by atoms with van der Waals surface area (Å²) in [7, 11) is 0. The molecule has 0 radical (unpaired) electrons. The molecular weight excluding hydrogens is 467 g/mol. The molecule has 0 bridgehead atoms. The minimum atomic E-state index is -4.59. The molecule has 3 aromatic rings. The van der Waals surface area contributed by atoms with Crippen LogP contribution in [0, 0.1) is 0 Å². The molecular formula is C24H18F3N3O3S. The number of hydrogen-bond acceptors (Lipinski definition) is 4. The highest BCUT2D eigenvalue weighted by Crippen LogP contribution is 2.37. The number of carbonyl (C=O) groups is 3. The number of rotatable bonds is 5. The van der Waals surface area contributed by atoms with Gasteiger partial charge in [0, 0.05) is 22.7 Å². The number of alkyl halides is 3. The number of para-hydroxylation sites is 1. The molecule has 4 rings (SSSR count). The SMILES string of the molecule is O=C(Nc1ccccc1)Nc1cccc(S[C@H]2CC(=O)N(c3cccc(C(F)(F)F)c3)C2=O)c1. The molecule has 174 valence electrons. The fourth-order valence-corrected chi connectivity index (χ4v) is 4.53. The van der Waals surface area contributed by atoms with Crippen molar-refractivity contribution in [1.82, 2.24) is 0 Å². The van der Waals surface area contributed by atoms with Crippen LogP contribution in [0.1, 0.15) is 12.0 Å². The molecule has 3 aromatic carbocycles. The first-order chi connectivity index (χ1) is 16.2. The van der Waals surface area contributed by atoms with Crippen molar-refractivity contribution in [2.45, 2.75) is 22.7 Å². The summed E-state index contributed by atoms with van der Waals surface area (Å²) in [4.78, 5) is 39.0. The average Bonchev–Trinajstić information content (AvgIpc) is 3.06. The number of nitrogens with zero attached hydrogens (tertiary/aromatic N) is 1. The highest BCUT2D eigenvalue weighted by Gasteiger charge is 2.41. The highest BCUT2D eigenvalue weighted by atomic mass is 32.2. The van der Waals surface area contributed by atoms with Gasteiger partial charge < -0.3 is 10.6 Å². The van der Waals surface area contributed by atoms with Gasteiger partial charge >= 0.3 is 12.2 Å². The van der Waals surface area contributed by atoms with Crippen LogP contribution in [0.5, 0.6) is 0 Å². The molecule has 1 saturated heterocycles. The number of halogens is 3. The summed E-state index contributed by atoms with van der Waals surface area (Å²) in [6.07, 6.45) is -4.73. The summed E-state index contributed by atoms with van der Waals surface area (Å²) in [6, 6.07) is 19.3. The summed E-state index contributed by atoms with van der Waals surface area (Å²) >= 11 is 1.11. The first-order valence-corrected chi connectivity index (χ1v) is 11.0. The number of urea groups is 1. The summed E-state index contributed by atoms with van der Waals surface area (Å²) < 4.78 is 39.1. The van der Waals surface area contributed by atoms with Gasteiger partial charge in [0.15, 0.2) is 0 Å². The van der Waals surface area contributed by atoms with Crippen molar-refractivity contribution in [3.8, 4) is 0 Å². The lowest BCUT2D eigenvalue weighted by atomic mass is 10.2. The van der Waals surface area contributed by atoms with E-state index in [9.17, 15) is 27.6 Å². The third-order valence-electron chi connectivity index (χ3n) is 4.94. The number of amides is 4. The predicted molar refractivity (Wildman–Crippen MR) is 124 cm³/mol. The smallest absolute Gasteiger partial charge is 0.308 e. The molecule has 0 saturated carbocycles. The molecule has 0 aliphatic carbocycles. The maximum absolute atomic E-state index is 13.0. The molecule has 0 unspecified atom stereocenters. The second-order valence-corrected chi connectivity index (χ2v) is 8.68. The summed E-state index contributed by atoms with van der Waals surface area (Å²) in [5, 5.41) is 4.60. The van der Waals surface area contributed by atoms with Gasteiger partial charge in [-0.2, -0.15) is 13.2 Å². The lowest BCUT2D eigenvalue weighted by Gasteiger charge is -2.17. The largest absolute Gasteiger partial charge is 0.416 e. The number of imide groups is 1. The van der Waals surface area contributed by atoms with Crippen molar-refractivity contribution in [1.29, 1.82) is 0 Å². The molecule has 0 aromatic heterocycles. The molecule has 4 amide bonds. The molecule has 1 atom stereocenters. The van der Waals surface area contributed by atoms with E-state index >= 15 is 0 Å². The topological polar surface area (TPSA) is 78.5 Å². The molecule has 10 heteroatoms. The van der Waals surface area contributed by atoms with E-state index in [0.717, 1.165) is 34.9 Å². The van der Waals surface area contributed by atoms with Crippen molar-refractivity contribution in [3.05, 3.63) is 84.4 Å². The van der Waals surface area contributed by atoms with Crippen LogP contribution < -0.4 is 15.5 Å². The van der Waals surface area contributed by atoms with Crippen molar-refractivity contribution in [2.24, 2.45) is 0 Å². The van der Waals surface area contributed by atoms with Crippen molar-refractivity contribution in [3.63, 3.8) is 0 Å². The van der Waals surface area contributed by atoms with E-state index in [1.165, 1.54) is 6.07 Å². The maximum atomic E-state index is 13.0. The third kappa shape index (κ3) is 5.40. The van der Waals surface area contributed by atoms with E-state index in [4.69, 9.17) is 0 Å². The Morgan fingerprint density at radius 2 is 1.56 bits per heavy atom. The zero-order chi connectivity index (χ0) is 24.3. The quantitative estimate of drug-likeness (QED) is 0.450. The summed E-state index contributed by atoms with van der Waals surface area (Å²) in [6.45, 7) is 0. The number of thioether (sulfide) groups is 1. The van der Waals surface area contributed by atoms with Gasteiger partial charge in [0.25, 0.3) is 0 Å². The molecule has 2 N–H and O–H groups in total. The fourth-order valence-electron chi connectivity index (χ4n) is 3.42. The maximum Gasteiger partial charge on any atom is 0.416 e. The summed E-state index contributed by atoms with van der Waals surface area (Å²) in [5.41, 5.74) is 0.0513. The fraction of sp³-hybridized carbons (Fsp3) is 0.125. The normalized spacial score (nSPS) is 16.0. The van der Waals surface area contributed by atoms with Crippen molar-refractivity contribution < 1.29 is 27.6 Å². The number of benzene rings is 3. The Bertz CT molecular complexity index is 1230. The first kappa shape index (κ1) is 23.4. The van der Waals surface area contributed by atoms with Crippen LogP contribution in [0.4, 0.5) is 35.0 Å². The molecule has 0 spiro atoms. The molecule has 1 fully saturated rings. The van der Waals surface area contributed by atoms with Crippen LogP contribution in [-0.2, 0) is 15.8 Å². The van der Waals surface area contributed by atoms with Crippen LogP contribution in [-0.4, -0.2) is 23.1 Å². The molecule has 1 aliphatic rings. The van der Waals surface area contributed by atoms with Gasteiger partial charge in [-0.1, -0.05) is 30.3 Å². The molecule has 34 heavy (non-hydrogen) atoms. The van der Waals surface area contributed by atoms with Crippen LogP contribution in [0.15, 0.2) is 83.8 Å². The second kappa shape index (κ2) is 9.60. The van der Waals surface area contributed by atoms with Crippen LogP contribution in [0.25, 0.3) is 0 Å². The average molecular weight is 485 g/mol. The van der Waals surface area contributed by atoms with Crippen molar-refractivity contribution >= 4 is 46.7 Å². The highest BCUT2D eigenvalue weighted by molar-refractivity contribution is 8.00. The Kier molecular flexibility index (Phi) is 6.60. The van der Waals surface area contributed by atoms with E-state index in [1.54, 1.807) is 48.5 Å². The Labute approximate surface area is 197 Å². The van der Waals surface area contributed by atoms with Gasteiger partial charge in [-0.3, -0.25) is 9.59 Å². The van der Waals surface area contributed by atoms with Gasteiger partial charge in [-0.25, -0.2) is 9.69 Å². The number of hydrogen-bond donors (Lipinski definition) is 2. The van der Waals surface area contributed by atoms with E-state index in [-0.39, 0.29) is 12.1 Å². The van der Waals surface area contributed by atoms with Gasteiger partial charge in [0.2, 0.25) is 11.8 Å². The first-order valence-electron chi connectivity index (χ1n) is 10.1. The molecule has 1 heterocycles. The standard InChI is InChI=1S/C24H18F3N3O3S/c25-24(26,27)15-6-4-10-18(12-15)30-21(31)14-20(22(30)32)34-19-11-5-9-17(13-19)29-23(33)28-16-7-2-1-3-8-16/h1-13,20H,14H2,(H2,28,29,33)/t20-/m0/s1. The molecule has 6 nitrogen and oxygen atoms in total. The zero-order valence-corrected chi connectivity index (χ0v) is 18.3. The van der Waals surface area contributed by atoms with Gasteiger partial charge in [0.1, 0.15) is 0 Å². The minimum absolute atomic E-state index is 0.110. The lowest BCUT2D eigenvalue weighted by Crippen LogP contribution is -2.31. The predicted octanol–water partition coefficient (Wildman–Crippen LogP) is 5.77. The zero-order valence-electron chi connectivity index (χ0n) is 17.5. The van der Waals surface area contributed by atoms with E-state index in [2.05, 4.69) is 10.6 Å². The monoisotopic (exact) mass is 485 g/mol. The van der Waals surface area contributed by atoms with E-state index in [1.807, 2.05) is 6.07 Å². The Hall–Kier alpha value is -3.79. The minimum Gasteiger partial charge on any atom is -0.308 e. The van der Waals surface area contributed by atoms with Crippen LogP contribution in [0.3, 0.4) is 0 Å². The number of anilines is 3. The van der Waals surface area contributed by atoms with E-state index < -0.39 is 34.8 Å². The number of nitrogens with one attached hydrogen (secondary N) is 2. The van der Waals surface area contributed by atoms with Gasteiger partial charge in [-0.15, -0.1) is 11.8 Å². The summed E-state index contributed by atoms with van der Waals surface area (Å²) in [5.74, 6) is -1.16. The van der Waals surface area contributed by atoms with Gasteiger partial charge in [0.05, 0.1) is 16.5 Å². The van der Waals surface area contributed by atoms with Gasteiger partial charge in [-0.05, 0) is 48.5 Å².